The van der Waals surface area contributed by atoms with Crippen molar-refractivity contribution in [3.8, 4) is 17.6 Å². The van der Waals surface area contributed by atoms with Gasteiger partial charge in [0.2, 0.25) is 0 Å². The van der Waals surface area contributed by atoms with Gasteiger partial charge in [-0.3, -0.25) is 9.59 Å². The number of aryl methyl sites for hydroxylation is 1. The van der Waals surface area contributed by atoms with E-state index in [1.807, 2.05) is 6.92 Å². The number of primary amides is 1. The monoisotopic (exact) mass is 329 g/mol. The molecule has 1 heterocycles. The van der Waals surface area contributed by atoms with Gasteiger partial charge in [0.1, 0.15) is 18.1 Å². The van der Waals surface area contributed by atoms with Crippen molar-refractivity contribution in [1.82, 2.24) is 10.3 Å². The summed E-state index contributed by atoms with van der Waals surface area (Å²) in [5.74, 6) is 5.09. The second-order valence-electron chi connectivity index (χ2n) is 4.44. The molecule has 3 N–H and O–H groups in total. The molecule has 0 radical (unpaired) electrons. The van der Waals surface area contributed by atoms with Crippen molar-refractivity contribution in [3.05, 3.63) is 45.9 Å². The van der Waals surface area contributed by atoms with Crippen LogP contribution >= 0.6 is 11.3 Å². The highest BCUT2D eigenvalue weighted by molar-refractivity contribution is 7.09. The smallest absolute Gasteiger partial charge is 0.271 e. The lowest BCUT2D eigenvalue weighted by molar-refractivity contribution is 0.0952. The van der Waals surface area contributed by atoms with Crippen LogP contribution in [0.4, 0.5) is 0 Å². The Kier molecular flexibility index (Phi) is 5.72. The van der Waals surface area contributed by atoms with Crippen LogP contribution in [0.3, 0.4) is 0 Å². The molecule has 6 nitrogen and oxygen atoms in total. The average Bonchev–Trinajstić information content (AvgIpc) is 2.97. The van der Waals surface area contributed by atoms with Gasteiger partial charge >= 0.3 is 0 Å². The number of rotatable bonds is 5. The van der Waals surface area contributed by atoms with Crippen LogP contribution in [0, 0.1) is 18.8 Å². The lowest BCUT2D eigenvalue weighted by Gasteiger charge is -2.05. The van der Waals surface area contributed by atoms with Crippen LogP contribution in [0.2, 0.25) is 0 Å². The minimum absolute atomic E-state index is 0.0932. The molecule has 0 aliphatic heterocycles. The highest BCUT2D eigenvalue weighted by atomic mass is 32.1. The van der Waals surface area contributed by atoms with E-state index in [0.29, 0.717) is 17.0 Å². The van der Waals surface area contributed by atoms with Gasteiger partial charge in [-0.2, -0.15) is 0 Å². The number of ether oxygens (including phenoxy) is 1. The third-order valence-corrected chi connectivity index (χ3v) is 3.54. The fourth-order valence-electron chi connectivity index (χ4n) is 1.71. The van der Waals surface area contributed by atoms with Gasteiger partial charge in [-0.25, -0.2) is 4.98 Å². The zero-order valence-corrected chi connectivity index (χ0v) is 13.3. The number of thiazole rings is 1. The van der Waals surface area contributed by atoms with Gasteiger partial charge < -0.3 is 15.8 Å². The molecule has 0 atom stereocenters. The Labute approximate surface area is 137 Å². The van der Waals surface area contributed by atoms with E-state index >= 15 is 0 Å². The molecule has 0 aliphatic rings. The number of nitrogens with two attached hydrogens (primary N) is 1. The van der Waals surface area contributed by atoms with E-state index in [4.69, 9.17) is 10.5 Å². The lowest BCUT2D eigenvalue weighted by atomic mass is 10.2. The van der Waals surface area contributed by atoms with Gasteiger partial charge in [0.25, 0.3) is 11.8 Å². The molecule has 2 amide bonds. The van der Waals surface area contributed by atoms with E-state index in [1.54, 1.807) is 29.6 Å². The number of nitrogens with zero attached hydrogens (tertiary/aromatic N) is 1. The van der Waals surface area contributed by atoms with Gasteiger partial charge in [0.15, 0.2) is 0 Å². The standard InChI is InChI=1S/C16H15N3O3S/c1-11-19-13(10-23-11)16(21)18-8-4-5-9-22-14-7-3-2-6-12(14)15(17)20/h2-3,6-7,10H,8-9H2,1H3,(H2,17,20)(H,18,21). The molecule has 0 saturated carbocycles. The van der Waals surface area contributed by atoms with Gasteiger partial charge in [0.05, 0.1) is 17.1 Å². The molecular formula is C16H15N3O3S. The maximum absolute atomic E-state index is 11.7. The maximum atomic E-state index is 11.7. The Morgan fingerprint density at radius 2 is 2.13 bits per heavy atom. The number of benzene rings is 1. The summed E-state index contributed by atoms with van der Waals surface area (Å²) in [7, 11) is 0. The Morgan fingerprint density at radius 3 is 2.83 bits per heavy atom. The molecule has 2 aromatic rings. The maximum Gasteiger partial charge on any atom is 0.271 e. The van der Waals surface area contributed by atoms with E-state index in [-0.39, 0.29) is 19.1 Å². The molecule has 1 aromatic carbocycles. The van der Waals surface area contributed by atoms with Crippen molar-refractivity contribution in [2.45, 2.75) is 6.92 Å². The molecule has 0 aliphatic carbocycles. The van der Waals surface area contributed by atoms with Crippen molar-refractivity contribution in [3.63, 3.8) is 0 Å². The second kappa shape index (κ2) is 7.96. The summed E-state index contributed by atoms with van der Waals surface area (Å²) in [5, 5.41) is 5.17. The van der Waals surface area contributed by atoms with Crippen molar-refractivity contribution in [2.24, 2.45) is 5.73 Å². The topological polar surface area (TPSA) is 94.3 Å². The highest BCUT2D eigenvalue weighted by Crippen LogP contribution is 2.16. The largest absolute Gasteiger partial charge is 0.480 e. The molecule has 0 spiro atoms. The molecular weight excluding hydrogens is 314 g/mol. The molecule has 1 aromatic heterocycles. The molecule has 2 rings (SSSR count). The third kappa shape index (κ3) is 4.83. The van der Waals surface area contributed by atoms with E-state index in [9.17, 15) is 9.59 Å². The zero-order chi connectivity index (χ0) is 16.7. The SMILES string of the molecule is Cc1nc(C(=O)NCC#CCOc2ccccc2C(N)=O)cs1. The first kappa shape index (κ1) is 16.5. The average molecular weight is 329 g/mol. The van der Waals surface area contributed by atoms with E-state index in [2.05, 4.69) is 22.1 Å². The van der Waals surface area contributed by atoms with Crippen molar-refractivity contribution >= 4 is 23.2 Å². The number of carbonyl (C=O) groups excluding carboxylic acids is 2. The first-order chi connectivity index (χ1) is 11.1. The molecule has 118 valence electrons. The lowest BCUT2D eigenvalue weighted by Crippen LogP contribution is -2.24. The van der Waals surface area contributed by atoms with Crippen LogP contribution < -0.4 is 15.8 Å². The van der Waals surface area contributed by atoms with Crippen molar-refractivity contribution in [2.75, 3.05) is 13.2 Å². The van der Waals surface area contributed by atoms with Gasteiger partial charge in [0, 0.05) is 5.38 Å². The summed E-state index contributed by atoms with van der Waals surface area (Å²) in [6.45, 7) is 2.12. The predicted octanol–water partition coefficient (Wildman–Crippen LogP) is 1.36. The number of nitrogens with one attached hydrogen (secondary N) is 1. The van der Waals surface area contributed by atoms with Crippen molar-refractivity contribution < 1.29 is 14.3 Å². The number of hydrogen-bond acceptors (Lipinski definition) is 5. The Morgan fingerprint density at radius 1 is 1.35 bits per heavy atom. The van der Waals surface area contributed by atoms with Crippen molar-refractivity contribution in [1.29, 1.82) is 0 Å². The van der Waals surface area contributed by atoms with E-state index in [1.165, 1.54) is 11.3 Å². The minimum Gasteiger partial charge on any atom is -0.480 e. The number of amides is 2. The Hall–Kier alpha value is -2.85. The Bertz CT molecular complexity index is 774. The molecule has 0 fully saturated rings. The normalized spacial score (nSPS) is 9.61. The number of aromatic nitrogens is 1. The minimum atomic E-state index is -0.556. The van der Waals surface area contributed by atoms with Crippen LogP contribution in [0.15, 0.2) is 29.6 Å². The summed E-state index contributed by atoms with van der Waals surface area (Å²) in [5.41, 5.74) is 5.95. The fourth-order valence-corrected chi connectivity index (χ4v) is 2.30. The molecule has 7 heteroatoms. The first-order valence-corrected chi connectivity index (χ1v) is 7.63. The summed E-state index contributed by atoms with van der Waals surface area (Å²) in [6, 6.07) is 6.68. The quantitative estimate of drug-likeness (QED) is 0.810. The van der Waals surface area contributed by atoms with Crippen LogP contribution in [-0.2, 0) is 0 Å². The number of hydrogen-bond donors (Lipinski definition) is 2. The Balaban J connectivity index is 1.79. The third-order valence-electron chi connectivity index (χ3n) is 2.77. The number of para-hydroxylation sites is 1. The summed E-state index contributed by atoms with van der Waals surface area (Å²) in [4.78, 5) is 27.0. The van der Waals surface area contributed by atoms with Crippen LogP contribution in [0.1, 0.15) is 25.9 Å². The number of carbonyl (C=O) groups is 2. The highest BCUT2D eigenvalue weighted by Gasteiger charge is 2.08. The predicted molar refractivity (Wildman–Crippen MR) is 87.4 cm³/mol. The van der Waals surface area contributed by atoms with E-state index < -0.39 is 5.91 Å². The van der Waals surface area contributed by atoms with Crippen LogP contribution in [0.5, 0.6) is 5.75 Å². The summed E-state index contributed by atoms with van der Waals surface area (Å²) < 4.78 is 5.40. The summed E-state index contributed by atoms with van der Waals surface area (Å²) in [6.07, 6.45) is 0. The zero-order valence-electron chi connectivity index (χ0n) is 12.5. The summed E-state index contributed by atoms with van der Waals surface area (Å²) >= 11 is 1.42. The fraction of sp³-hybridized carbons (Fsp3) is 0.188. The molecule has 0 saturated heterocycles. The van der Waals surface area contributed by atoms with E-state index in [0.717, 1.165) is 5.01 Å². The van der Waals surface area contributed by atoms with Gasteiger partial charge in [-0.15, -0.1) is 11.3 Å². The molecule has 23 heavy (non-hydrogen) atoms. The second-order valence-corrected chi connectivity index (χ2v) is 5.50. The van der Waals surface area contributed by atoms with Gasteiger partial charge in [-0.1, -0.05) is 24.0 Å². The molecule has 0 unspecified atom stereocenters. The van der Waals surface area contributed by atoms with Gasteiger partial charge in [-0.05, 0) is 19.1 Å². The van der Waals surface area contributed by atoms with Crippen LogP contribution in [0.25, 0.3) is 0 Å². The first-order valence-electron chi connectivity index (χ1n) is 6.75. The van der Waals surface area contributed by atoms with Crippen LogP contribution in [-0.4, -0.2) is 29.9 Å². The molecule has 0 bridgehead atoms.